The lowest BCUT2D eigenvalue weighted by Gasteiger charge is -2.34. The molecule has 1 aliphatic rings. The molecule has 0 unspecified atom stereocenters. The molecule has 0 bridgehead atoms. The number of piperazine rings is 1. The van der Waals surface area contributed by atoms with Gasteiger partial charge in [-0.3, -0.25) is 4.79 Å². The quantitative estimate of drug-likeness (QED) is 0.557. The van der Waals surface area contributed by atoms with Crippen LogP contribution in [0.5, 0.6) is 0 Å². The van der Waals surface area contributed by atoms with Crippen LogP contribution in [-0.2, 0) is 0 Å². The van der Waals surface area contributed by atoms with E-state index in [2.05, 4.69) is 25.8 Å². The van der Waals surface area contributed by atoms with Gasteiger partial charge in [0.2, 0.25) is 0 Å². The highest BCUT2D eigenvalue weighted by Gasteiger charge is 2.25. The van der Waals surface area contributed by atoms with Gasteiger partial charge in [0.25, 0.3) is 5.91 Å². The summed E-state index contributed by atoms with van der Waals surface area (Å²) in [5.41, 5.74) is 0.906. The Morgan fingerprint density at radius 1 is 1.19 bits per heavy atom. The van der Waals surface area contributed by atoms with Gasteiger partial charge in [0.1, 0.15) is 11.3 Å². The van der Waals surface area contributed by atoms with Crippen molar-refractivity contribution in [1.29, 1.82) is 0 Å². The molecule has 0 radical (unpaired) electrons. The second-order valence-electron chi connectivity index (χ2n) is 5.99. The van der Waals surface area contributed by atoms with E-state index in [4.69, 9.17) is 11.6 Å². The molecule has 1 saturated heterocycles. The summed E-state index contributed by atoms with van der Waals surface area (Å²) in [6.07, 6.45) is 0. The Morgan fingerprint density at radius 3 is 2.69 bits per heavy atom. The molecular formula is C18H14BrClFN3OS. The molecule has 2 heterocycles. The van der Waals surface area contributed by atoms with Crippen LogP contribution >= 0.6 is 38.9 Å². The van der Waals surface area contributed by atoms with Crippen LogP contribution in [0.1, 0.15) is 10.4 Å². The van der Waals surface area contributed by atoms with Crippen LogP contribution in [0, 0.1) is 5.82 Å². The van der Waals surface area contributed by atoms with E-state index in [1.165, 1.54) is 17.4 Å². The Morgan fingerprint density at radius 2 is 1.96 bits per heavy atom. The number of rotatable bonds is 2. The number of hydrogen-bond donors (Lipinski definition) is 0. The molecule has 2 aromatic carbocycles. The fourth-order valence-electron chi connectivity index (χ4n) is 2.97. The molecule has 8 heteroatoms. The highest BCUT2D eigenvalue weighted by molar-refractivity contribution is 9.10. The number of nitrogens with zero attached hydrogens (tertiary/aromatic N) is 3. The third-order valence-corrected chi connectivity index (χ3v) is 6.26. The molecule has 4 nitrogen and oxygen atoms in total. The maximum atomic E-state index is 13.8. The van der Waals surface area contributed by atoms with Crippen molar-refractivity contribution in [2.45, 2.75) is 0 Å². The number of amides is 1. The number of para-hydroxylation sites is 1. The lowest BCUT2D eigenvalue weighted by atomic mass is 10.2. The highest BCUT2D eigenvalue weighted by atomic mass is 79.9. The van der Waals surface area contributed by atoms with Crippen molar-refractivity contribution >= 4 is 60.1 Å². The van der Waals surface area contributed by atoms with Crippen molar-refractivity contribution in [3.05, 3.63) is 57.3 Å². The minimum Gasteiger partial charge on any atom is -0.345 e. The van der Waals surface area contributed by atoms with E-state index in [9.17, 15) is 9.18 Å². The maximum absolute atomic E-state index is 13.8. The van der Waals surface area contributed by atoms with Gasteiger partial charge in [-0.05, 0) is 30.3 Å². The molecule has 1 amide bonds. The average Bonchev–Trinajstić information content (AvgIpc) is 3.09. The van der Waals surface area contributed by atoms with Crippen LogP contribution in [-0.4, -0.2) is 42.0 Å². The minimum atomic E-state index is -0.303. The molecule has 0 atom stereocenters. The van der Waals surface area contributed by atoms with Crippen molar-refractivity contribution < 1.29 is 9.18 Å². The van der Waals surface area contributed by atoms with Crippen molar-refractivity contribution in [3.8, 4) is 0 Å². The molecule has 1 aliphatic heterocycles. The summed E-state index contributed by atoms with van der Waals surface area (Å²) in [6.45, 7) is 2.44. The number of carbonyl (C=O) groups is 1. The van der Waals surface area contributed by atoms with E-state index in [0.717, 1.165) is 14.3 Å². The number of fused-ring (bicyclic) bond motifs is 1. The van der Waals surface area contributed by atoms with Gasteiger partial charge in [0, 0.05) is 30.7 Å². The second-order valence-corrected chi connectivity index (χ2v) is 8.32. The Labute approximate surface area is 167 Å². The molecular weight excluding hydrogens is 441 g/mol. The molecule has 0 N–H and O–H groups in total. The molecule has 1 fully saturated rings. The standard InChI is InChI=1S/C18H14BrClFN3OS/c19-11-4-5-13(20)12(10-11)17(25)23-6-8-24(9-7-23)18-22-16-14(21)2-1-3-15(16)26-18/h1-5,10H,6-9H2. The first-order valence-corrected chi connectivity index (χ1v) is 10.1. The van der Waals surface area contributed by atoms with Gasteiger partial charge in [0.15, 0.2) is 5.13 Å². The third-order valence-electron chi connectivity index (χ3n) is 4.35. The summed E-state index contributed by atoms with van der Waals surface area (Å²) in [6, 6.07) is 10.2. The summed E-state index contributed by atoms with van der Waals surface area (Å²) in [5, 5.41) is 1.24. The maximum Gasteiger partial charge on any atom is 0.255 e. The van der Waals surface area contributed by atoms with Crippen LogP contribution in [0.4, 0.5) is 9.52 Å². The normalized spacial score (nSPS) is 14.9. The van der Waals surface area contributed by atoms with E-state index in [-0.39, 0.29) is 11.7 Å². The number of thiazole rings is 1. The van der Waals surface area contributed by atoms with E-state index in [1.807, 2.05) is 12.1 Å². The first kappa shape index (κ1) is 17.7. The minimum absolute atomic E-state index is 0.0775. The van der Waals surface area contributed by atoms with E-state index >= 15 is 0 Å². The van der Waals surface area contributed by atoms with Crippen LogP contribution in [0.2, 0.25) is 5.02 Å². The third kappa shape index (κ3) is 3.31. The molecule has 1 aromatic heterocycles. The molecule has 4 rings (SSSR count). The Balaban J connectivity index is 1.49. The van der Waals surface area contributed by atoms with Crippen LogP contribution < -0.4 is 4.90 Å². The first-order chi connectivity index (χ1) is 12.5. The van der Waals surface area contributed by atoms with Gasteiger partial charge >= 0.3 is 0 Å². The van der Waals surface area contributed by atoms with Crippen molar-refractivity contribution in [3.63, 3.8) is 0 Å². The number of aromatic nitrogens is 1. The number of halogens is 3. The highest BCUT2D eigenvalue weighted by Crippen LogP contribution is 2.31. The van der Waals surface area contributed by atoms with Gasteiger partial charge in [0.05, 0.1) is 15.3 Å². The molecule has 134 valence electrons. The van der Waals surface area contributed by atoms with Crippen molar-refractivity contribution in [1.82, 2.24) is 9.88 Å². The summed E-state index contributed by atoms with van der Waals surface area (Å²) < 4.78 is 15.5. The fraction of sp³-hybridized carbons (Fsp3) is 0.222. The number of hydrogen-bond acceptors (Lipinski definition) is 4. The molecule has 0 aliphatic carbocycles. The largest absolute Gasteiger partial charge is 0.345 e. The Kier molecular flexibility index (Phi) is 4.86. The predicted octanol–water partition coefficient (Wildman–Crippen LogP) is 4.81. The van der Waals surface area contributed by atoms with Gasteiger partial charge in [-0.2, -0.15) is 0 Å². The summed E-state index contributed by atoms with van der Waals surface area (Å²) in [7, 11) is 0. The SMILES string of the molecule is O=C(c1cc(Br)ccc1Cl)N1CCN(c2nc3c(F)cccc3s2)CC1. The van der Waals surface area contributed by atoms with E-state index in [1.54, 1.807) is 23.1 Å². The monoisotopic (exact) mass is 453 g/mol. The van der Waals surface area contributed by atoms with Gasteiger partial charge < -0.3 is 9.80 Å². The van der Waals surface area contributed by atoms with Gasteiger partial charge in [-0.1, -0.05) is 44.9 Å². The molecule has 0 saturated carbocycles. The van der Waals surface area contributed by atoms with Gasteiger partial charge in [-0.15, -0.1) is 0 Å². The summed E-state index contributed by atoms with van der Waals surface area (Å²) >= 11 is 11.0. The van der Waals surface area contributed by atoms with E-state index in [0.29, 0.717) is 42.3 Å². The van der Waals surface area contributed by atoms with Crippen LogP contribution in [0.3, 0.4) is 0 Å². The molecule has 3 aromatic rings. The lowest BCUT2D eigenvalue weighted by Crippen LogP contribution is -2.48. The van der Waals surface area contributed by atoms with Crippen LogP contribution in [0.15, 0.2) is 40.9 Å². The Bertz CT molecular complexity index is 988. The molecule has 0 spiro atoms. The topological polar surface area (TPSA) is 36.4 Å². The lowest BCUT2D eigenvalue weighted by molar-refractivity contribution is 0.0747. The zero-order valence-corrected chi connectivity index (χ0v) is 16.7. The average molecular weight is 455 g/mol. The number of anilines is 1. The predicted molar refractivity (Wildman–Crippen MR) is 107 cm³/mol. The number of carbonyl (C=O) groups excluding carboxylic acids is 1. The summed E-state index contributed by atoms with van der Waals surface area (Å²) in [4.78, 5) is 21.1. The van der Waals surface area contributed by atoms with Crippen LogP contribution in [0.25, 0.3) is 10.2 Å². The second kappa shape index (κ2) is 7.13. The van der Waals surface area contributed by atoms with Crippen molar-refractivity contribution in [2.75, 3.05) is 31.1 Å². The zero-order chi connectivity index (χ0) is 18.3. The van der Waals surface area contributed by atoms with E-state index < -0.39 is 0 Å². The number of benzene rings is 2. The van der Waals surface area contributed by atoms with Crippen molar-refractivity contribution in [2.24, 2.45) is 0 Å². The Hall–Kier alpha value is -1.70. The zero-order valence-electron chi connectivity index (χ0n) is 13.6. The summed E-state index contributed by atoms with van der Waals surface area (Å²) in [5.74, 6) is -0.380. The van der Waals surface area contributed by atoms with Gasteiger partial charge in [-0.25, -0.2) is 9.37 Å². The molecule has 26 heavy (non-hydrogen) atoms. The fourth-order valence-corrected chi connectivity index (χ4v) is 4.56. The first-order valence-electron chi connectivity index (χ1n) is 8.07. The smallest absolute Gasteiger partial charge is 0.255 e.